The third kappa shape index (κ3) is 2.50. The molecule has 1 aromatic carbocycles. The number of halogens is 1. The highest BCUT2D eigenvalue weighted by Gasteiger charge is 2.40. The topological polar surface area (TPSA) is 38.3 Å². The van der Waals surface area contributed by atoms with Crippen molar-refractivity contribution in [2.75, 3.05) is 7.11 Å². The third-order valence-electron chi connectivity index (χ3n) is 4.46. The fraction of sp³-hybridized carbons (Fsp3) is 0.533. The smallest absolute Gasteiger partial charge is 0.255 e. The van der Waals surface area contributed by atoms with E-state index in [9.17, 15) is 4.79 Å². The molecule has 0 spiro atoms. The number of amides is 1. The second kappa shape index (κ2) is 5.16. The van der Waals surface area contributed by atoms with Gasteiger partial charge in [0.2, 0.25) is 0 Å². The number of nitrogens with one attached hydrogen (secondary N) is 1. The van der Waals surface area contributed by atoms with Gasteiger partial charge in [-0.3, -0.25) is 4.79 Å². The summed E-state index contributed by atoms with van der Waals surface area (Å²) in [6, 6.07) is 5.87. The molecule has 1 aromatic rings. The number of carbonyl (C=O) groups is 1. The molecular weight excluding hydrogens is 306 g/mol. The lowest BCUT2D eigenvalue weighted by Crippen LogP contribution is -2.38. The summed E-state index contributed by atoms with van der Waals surface area (Å²) in [5.74, 6) is 2.13. The summed E-state index contributed by atoms with van der Waals surface area (Å²) in [6.45, 7) is 0. The number of hydrogen-bond donors (Lipinski definition) is 1. The van der Waals surface area contributed by atoms with Gasteiger partial charge < -0.3 is 10.1 Å². The minimum atomic E-state index is -0.0121. The summed E-state index contributed by atoms with van der Waals surface area (Å²) >= 11 is 3.39. The summed E-state index contributed by atoms with van der Waals surface area (Å²) in [5.41, 5.74) is 0.619. The molecule has 0 heterocycles. The predicted molar refractivity (Wildman–Crippen MR) is 77.4 cm³/mol. The second-order valence-corrected chi connectivity index (χ2v) is 6.52. The average Bonchev–Trinajstić information content (AvgIpc) is 3.00. The molecule has 2 bridgehead atoms. The molecule has 0 saturated heterocycles. The zero-order valence-electron chi connectivity index (χ0n) is 11.0. The third-order valence-corrected chi connectivity index (χ3v) is 4.96. The van der Waals surface area contributed by atoms with Crippen molar-refractivity contribution in [3.8, 4) is 5.75 Å². The van der Waals surface area contributed by atoms with Crippen molar-refractivity contribution in [3.63, 3.8) is 0 Å². The molecule has 2 aliphatic rings. The zero-order chi connectivity index (χ0) is 13.4. The fourth-order valence-electron chi connectivity index (χ4n) is 3.52. The van der Waals surface area contributed by atoms with Gasteiger partial charge in [-0.25, -0.2) is 0 Å². The monoisotopic (exact) mass is 323 g/mol. The Balaban J connectivity index is 1.73. The van der Waals surface area contributed by atoms with E-state index in [2.05, 4.69) is 21.2 Å². The van der Waals surface area contributed by atoms with Gasteiger partial charge in [0.1, 0.15) is 5.75 Å². The molecule has 2 saturated carbocycles. The van der Waals surface area contributed by atoms with E-state index in [-0.39, 0.29) is 5.91 Å². The minimum absolute atomic E-state index is 0.0121. The number of fused-ring (bicyclic) bond motifs is 2. The Hall–Kier alpha value is -1.03. The predicted octanol–water partition coefficient (Wildman–Crippen LogP) is 3.38. The Bertz CT molecular complexity index is 503. The molecule has 0 aromatic heterocycles. The van der Waals surface area contributed by atoms with Gasteiger partial charge in [0.05, 0.1) is 12.7 Å². The van der Waals surface area contributed by atoms with Crippen LogP contribution in [0, 0.1) is 11.8 Å². The number of hydrogen-bond acceptors (Lipinski definition) is 2. The molecule has 1 amide bonds. The SMILES string of the molecule is COc1cc(Br)ccc1C(=O)NC1CC2CCC1C2. The van der Waals surface area contributed by atoms with Gasteiger partial charge in [0.25, 0.3) is 5.91 Å². The van der Waals surface area contributed by atoms with Crippen molar-refractivity contribution in [3.05, 3.63) is 28.2 Å². The van der Waals surface area contributed by atoms with Crippen LogP contribution in [0.2, 0.25) is 0 Å². The molecule has 3 unspecified atom stereocenters. The van der Waals surface area contributed by atoms with Crippen LogP contribution in [0.15, 0.2) is 22.7 Å². The molecule has 19 heavy (non-hydrogen) atoms. The zero-order valence-corrected chi connectivity index (χ0v) is 12.6. The maximum Gasteiger partial charge on any atom is 0.255 e. The number of rotatable bonds is 3. The van der Waals surface area contributed by atoms with Crippen LogP contribution in [0.3, 0.4) is 0 Å². The first-order valence-electron chi connectivity index (χ1n) is 6.82. The van der Waals surface area contributed by atoms with E-state index in [1.807, 2.05) is 18.2 Å². The van der Waals surface area contributed by atoms with E-state index in [1.54, 1.807) is 7.11 Å². The molecule has 0 radical (unpaired) electrons. The first-order valence-corrected chi connectivity index (χ1v) is 7.61. The van der Waals surface area contributed by atoms with Crippen LogP contribution in [0.4, 0.5) is 0 Å². The van der Waals surface area contributed by atoms with E-state index >= 15 is 0 Å². The van der Waals surface area contributed by atoms with Gasteiger partial charge in [-0.05, 0) is 49.3 Å². The number of methoxy groups -OCH3 is 1. The van der Waals surface area contributed by atoms with Crippen molar-refractivity contribution >= 4 is 21.8 Å². The largest absolute Gasteiger partial charge is 0.496 e. The summed E-state index contributed by atoms with van der Waals surface area (Å²) in [7, 11) is 1.59. The van der Waals surface area contributed by atoms with Crippen LogP contribution < -0.4 is 10.1 Å². The lowest BCUT2D eigenvalue weighted by molar-refractivity contribution is 0.0920. The van der Waals surface area contributed by atoms with Gasteiger partial charge in [-0.1, -0.05) is 22.4 Å². The standard InChI is InChI=1S/C15H18BrNO2/c1-19-14-8-11(16)4-5-12(14)15(18)17-13-7-9-2-3-10(13)6-9/h4-5,8-10,13H,2-3,6-7H2,1H3,(H,17,18). The van der Waals surface area contributed by atoms with Crippen molar-refractivity contribution in [2.45, 2.75) is 31.7 Å². The van der Waals surface area contributed by atoms with E-state index < -0.39 is 0 Å². The number of carbonyl (C=O) groups excluding carboxylic acids is 1. The lowest BCUT2D eigenvalue weighted by atomic mass is 9.95. The van der Waals surface area contributed by atoms with Crippen molar-refractivity contribution in [1.82, 2.24) is 5.32 Å². The molecule has 2 fully saturated rings. The highest BCUT2D eigenvalue weighted by atomic mass is 79.9. The molecule has 2 aliphatic carbocycles. The normalized spacial score (nSPS) is 28.4. The van der Waals surface area contributed by atoms with E-state index in [0.717, 1.165) is 16.8 Å². The Kier molecular flexibility index (Phi) is 3.52. The van der Waals surface area contributed by atoms with Crippen molar-refractivity contribution < 1.29 is 9.53 Å². The van der Waals surface area contributed by atoms with Gasteiger partial charge in [0, 0.05) is 10.5 Å². The van der Waals surface area contributed by atoms with Crippen LogP contribution in [0.5, 0.6) is 5.75 Å². The number of benzene rings is 1. The Morgan fingerprint density at radius 1 is 1.37 bits per heavy atom. The van der Waals surface area contributed by atoms with Gasteiger partial charge in [0.15, 0.2) is 0 Å². The fourth-order valence-corrected chi connectivity index (χ4v) is 3.86. The average molecular weight is 324 g/mol. The van der Waals surface area contributed by atoms with E-state index in [1.165, 1.54) is 19.3 Å². The first kappa shape index (κ1) is 13.0. The lowest BCUT2D eigenvalue weighted by Gasteiger charge is -2.23. The Labute approximate surface area is 121 Å². The molecule has 3 rings (SSSR count). The van der Waals surface area contributed by atoms with Crippen LogP contribution in [-0.2, 0) is 0 Å². The van der Waals surface area contributed by atoms with Gasteiger partial charge in [-0.15, -0.1) is 0 Å². The second-order valence-electron chi connectivity index (χ2n) is 5.60. The van der Waals surface area contributed by atoms with Crippen molar-refractivity contribution in [2.24, 2.45) is 11.8 Å². The quantitative estimate of drug-likeness (QED) is 0.926. The van der Waals surface area contributed by atoms with Gasteiger partial charge >= 0.3 is 0 Å². The molecular formula is C15H18BrNO2. The van der Waals surface area contributed by atoms with Crippen LogP contribution in [0.1, 0.15) is 36.0 Å². The number of ether oxygens (including phenoxy) is 1. The van der Waals surface area contributed by atoms with Crippen LogP contribution in [-0.4, -0.2) is 19.1 Å². The minimum Gasteiger partial charge on any atom is -0.496 e. The summed E-state index contributed by atoms with van der Waals surface area (Å²) in [5, 5.41) is 3.19. The molecule has 4 heteroatoms. The highest BCUT2D eigenvalue weighted by molar-refractivity contribution is 9.10. The highest BCUT2D eigenvalue weighted by Crippen LogP contribution is 2.44. The first-order chi connectivity index (χ1) is 9.17. The van der Waals surface area contributed by atoms with Crippen LogP contribution in [0.25, 0.3) is 0 Å². The Morgan fingerprint density at radius 3 is 2.84 bits per heavy atom. The van der Waals surface area contributed by atoms with Crippen LogP contribution >= 0.6 is 15.9 Å². The molecule has 102 valence electrons. The van der Waals surface area contributed by atoms with Gasteiger partial charge in [-0.2, -0.15) is 0 Å². The van der Waals surface area contributed by atoms with E-state index in [0.29, 0.717) is 23.3 Å². The molecule has 3 nitrogen and oxygen atoms in total. The molecule has 0 aliphatic heterocycles. The summed E-state index contributed by atoms with van der Waals surface area (Å²) in [4.78, 5) is 12.4. The van der Waals surface area contributed by atoms with E-state index in [4.69, 9.17) is 4.74 Å². The van der Waals surface area contributed by atoms with Crippen molar-refractivity contribution in [1.29, 1.82) is 0 Å². The Morgan fingerprint density at radius 2 is 2.21 bits per heavy atom. The maximum absolute atomic E-state index is 12.4. The summed E-state index contributed by atoms with van der Waals surface area (Å²) < 4.78 is 6.20. The summed E-state index contributed by atoms with van der Waals surface area (Å²) in [6.07, 6.45) is 5.06. The molecule has 1 N–H and O–H groups in total. The molecule has 3 atom stereocenters. The maximum atomic E-state index is 12.4.